The molecule has 0 saturated heterocycles. The SMILES string of the molecule is CC(=O)N(CCNC(=O)c1ccccc1)Cc1ccc(F)cc1. The lowest BCUT2D eigenvalue weighted by molar-refractivity contribution is -0.129. The summed E-state index contributed by atoms with van der Waals surface area (Å²) in [6.07, 6.45) is 0. The molecule has 0 spiro atoms. The van der Waals surface area contributed by atoms with Crippen molar-refractivity contribution in [2.75, 3.05) is 13.1 Å². The van der Waals surface area contributed by atoms with E-state index in [-0.39, 0.29) is 17.6 Å². The van der Waals surface area contributed by atoms with Crippen LogP contribution in [-0.4, -0.2) is 29.8 Å². The van der Waals surface area contributed by atoms with Crippen molar-refractivity contribution in [2.45, 2.75) is 13.5 Å². The number of nitrogens with zero attached hydrogens (tertiary/aromatic N) is 1. The predicted octanol–water partition coefficient (Wildman–Crippen LogP) is 2.60. The second-order valence-corrected chi connectivity index (χ2v) is 5.19. The van der Waals surface area contributed by atoms with Gasteiger partial charge in [-0.15, -0.1) is 0 Å². The molecule has 0 fully saturated rings. The minimum Gasteiger partial charge on any atom is -0.350 e. The lowest BCUT2D eigenvalue weighted by Crippen LogP contribution is -2.37. The molecule has 0 unspecified atom stereocenters. The van der Waals surface area contributed by atoms with E-state index in [2.05, 4.69) is 5.32 Å². The Kier molecular flexibility index (Phi) is 5.86. The van der Waals surface area contributed by atoms with Gasteiger partial charge in [0.1, 0.15) is 5.82 Å². The summed E-state index contributed by atoms with van der Waals surface area (Å²) in [5.74, 6) is -0.572. The molecule has 0 bridgehead atoms. The van der Waals surface area contributed by atoms with E-state index in [1.54, 1.807) is 41.3 Å². The first-order valence-electron chi connectivity index (χ1n) is 7.39. The zero-order chi connectivity index (χ0) is 16.7. The molecular formula is C18H19FN2O2. The fraction of sp³-hybridized carbons (Fsp3) is 0.222. The first-order chi connectivity index (χ1) is 11.1. The largest absolute Gasteiger partial charge is 0.350 e. The summed E-state index contributed by atoms with van der Waals surface area (Å²) >= 11 is 0. The Hall–Kier alpha value is -2.69. The van der Waals surface area contributed by atoms with Crippen LogP contribution in [0.25, 0.3) is 0 Å². The number of hydrogen-bond donors (Lipinski definition) is 1. The van der Waals surface area contributed by atoms with Crippen LogP contribution in [0, 0.1) is 5.82 Å². The van der Waals surface area contributed by atoms with Crippen LogP contribution in [-0.2, 0) is 11.3 Å². The van der Waals surface area contributed by atoms with Crippen LogP contribution in [0.5, 0.6) is 0 Å². The van der Waals surface area contributed by atoms with Crippen molar-refractivity contribution in [1.82, 2.24) is 10.2 Å². The predicted molar refractivity (Wildman–Crippen MR) is 86.3 cm³/mol. The average Bonchev–Trinajstić information content (AvgIpc) is 2.56. The van der Waals surface area contributed by atoms with Gasteiger partial charge in [0.15, 0.2) is 0 Å². The number of amides is 2. The fourth-order valence-electron chi connectivity index (χ4n) is 2.15. The Balaban J connectivity index is 1.86. The topological polar surface area (TPSA) is 49.4 Å². The van der Waals surface area contributed by atoms with Gasteiger partial charge in [-0.05, 0) is 29.8 Å². The molecule has 5 heteroatoms. The van der Waals surface area contributed by atoms with Gasteiger partial charge < -0.3 is 10.2 Å². The molecule has 0 aromatic heterocycles. The minimum atomic E-state index is -0.307. The molecule has 2 rings (SSSR count). The normalized spacial score (nSPS) is 10.2. The Labute approximate surface area is 134 Å². The number of nitrogens with one attached hydrogen (secondary N) is 1. The molecule has 23 heavy (non-hydrogen) atoms. The van der Waals surface area contributed by atoms with Crippen LogP contribution in [0.3, 0.4) is 0 Å². The quantitative estimate of drug-likeness (QED) is 0.891. The standard InChI is InChI=1S/C18H19FN2O2/c1-14(22)21(13-15-7-9-17(19)10-8-15)12-11-20-18(23)16-5-3-2-4-6-16/h2-10H,11-13H2,1H3,(H,20,23). The zero-order valence-electron chi connectivity index (χ0n) is 13.0. The van der Waals surface area contributed by atoms with Crippen LogP contribution >= 0.6 is 0 Å². The minimum absolute atomic E-state index is 0.0942. The second kappa shape index (κ2) is 8.08. The summed E-state index contributed by atoms with van der Waals surface area (Å²) in [5.41, 5.74) is 1.43. The number of carbonyl (C=O) groups is 2. The van der Waals surface area contributed by atoms with Crippen LogP contribution in [0.2, 0.25) is 0 Å². The number of benzene rings is 2. The highest BCUT2D eigenvalue weighted by Crippen LogP contribution is 2.07. The third kappa shape index (κ3) is 5.21. The maximum Gasteiger partial charge on any atom is 0.251 e. The molecule has 0 aliphatic carbocycles. The van der Waals surface area contributed by atoms with Crippen molar-refractivity contribution in [2.24, 2.45) is 0 Å². The summed E-state index contributed by atoms with van der Waals surface area (Å²) < 4.78 is 12.9. The molecule has 120 valence electrons. The summed E-state index contributed by atoms with van der Waals surface area (Å²) in [7, 11) is 0. The Morgan fingerprint density at radius 1 is 1.04 bits per heavy atom. The monoisotopic (exact) mass is 314 g/mol. The second-order valence-electron chi connectivity index (χ2n) is 5.19. The number of carbonyl (C=O) groups excluding carboxylic acids is 2. The van der Waals surface area contributed by atoms with Crippen molar-refractivity contribution in [3.05, 3.63) is 71.5 Å². The van der Waals surface area contributed by atoms with Gasteiger partial charge in [0.2, 0.25) is 5.91 Å². The smallest absolute Gasteiger partial charge is 0.251 e. The molecule has 2 aromatic rings. The molecule has 0 aliphatic rings. The first kappa shape index (κ1) is 16.7. The van der Waals surface area contributed by atoms with E-state index < -0.39 is 0 Å². The van der Waals surface area contributed by atoms with Gasteiger partial charge in [0.25, 0.3) is 5.91 Å². The van der Waals surface area contributed by atoms with Gasteiger partial charge in [-0.25, -0.2) is 4.39 Å². The molecule has 2 amide bonds. The highest BCUT2D eigenvalue weighted by molar-refractivity contribution is 5.94. The first-order valence-corrected chi connectivity index (χ1v) is 7.39. The van der Waals surface area contributed by atoms with E-state index in [1.165, 1.54) is 19.1 Å². The maximum absolute atomic E-state index is 12.9. The summed E-state index contributed by atoms with van der Waals surface area (Å²) in [6, 6.07) is 14.9. The van der Waals surface area contributed by atoms with Gasteiger partial charge in [0.05, 0.1) is 0 Å². The van der Waals surface area contributed by atoms with Gasteiger partial charge in [-0.1, -0.05) is 30.3 Å². The number of halogens is 1. The Morgan fingerprint density at radius 3 is 2.30 bits per heavy atom. The highest BCUT2D eigenvalue weighted by Gasteiger charge is 2.10. The summed E-state index contributed by atoms with van der Waals surface area (Å²) in [4.78, 5) is 25.2. The molecular weight excluding hydrogens is 295 g/mol. The van der Waals surface area contributed by atoms with Crippen molar-refractivity contribution >= 4 is 11.8 Å². The number of hydrogen-bond acceptors (Lipinski definition) is 2. The maximum atomic E-state index is 12.9. The lowest BCUT2D eigenvalue weighted by atomic mass is 10.2. The fourth-order valence-corrected chi connectivity index (χ4v) is 2.15. The van der Waals surface area contributed by atoms with Gasteiger partial charge in [0, 0.05) is 32.1 Å². The van der Waals surface area contributed by atoms with Crippen LogP contribution in [0.15, 0.2) is 54.6 Å². The van der Waals surface area contributed by atoms with E-state index in [1.807, 2.05) is 6.07 Å². The Bertz CT molecular complexity index is 656. The molecule has 0 atom stereocenters. The van der Waals surface area contributed by atoms with Crippen molar-refractivity contribution in [3.63, 3.8) is 0 Å². The van der Waals surface area contributed by atoms with E-state index in [0.717, 1.165) is 5.56 Å². The van der Waals surface area contributed by atoms with Gasteiger partial charge in [-0.2, -0.15) is 0 Å². The molecule has 0 saturated carbocycles. The molecule has 0 aliphatic heterocycles. The Morgan fingerprint density at radius 2 is 1.70 bits per heavy atom. The van der Waals surface area contributed by atoms with Crippen LogP contribution in [0.1, 0.15) is 22.8 Å². The summed E-state index contributed by atoms with van der Waals surface area (Å²) in [5, 5.41) is 2.79. The van der Waals surface area contributed by atoms with Crippen molar-refractivity contribution < 1.29 is 14.0 Å². The van der Waals surface area contributed by atoms with E-state index >= 15 is 0 Å². The van der Waals surface area contributed by atoms with Crippen LogP contribution in [0.4, 0.5) is 4.39 Å². The van der Waals surface area contributed by atoms with Gasteiger partial charge in [-0.3, -0.25) is 9.59 Å². The molecule has 1 N–H and O–H groups in total. The summed E-state index contributed by atoms with van der Waals surface area (Å²) in [6.45, 7) is 2.61. The molecule has 2 aromatic carbocycles. The molecule has 0 heterocycles. The van der Waals surface area contributed by atoms with Crippen molar-refractivity contribution in [1.29, 1.82) is 0 Å². The van der Waals surface area contributed by atoms with E-state index in [4.69, 9.17) is 0 Å². The molecule has 0 radical (unpaired) electrons. The van der Waals surface area contributed by atoms with Crippen molar-refractivity contribution in [3.8, 4) is 0 Å². The third-order valence-electron chi connectivity index (χ3n) is 3.44. The zero-order valence-corrected chi connectivity index (χ0v) is 13.0. The van der Waals surface area contributed by atoms with Gasteiger partial charge >= 0.3 is 0 Å². The average molecular weight is 314 g/mol. The van der Waals surface area contributed by atoms with E-state index in [9.17, 15) is 14.0 Å². The highest BCUT2D eigenvalue weighted by atomic mass is 19.1. The third-order valence-corrected chi connectivity index (χ3v) is 3.44. The van der Waals surface area contributed by atoms with Crippen LogP contribution < -0.4 is 5.32 Å². The number of rotatable bonds is 6. The molecule has 4 nitrogen and oxygen atoms in total. The lowest BCUT2D eigenvalue weighted by Gasteiger charge is -2.21. The van der Waals surface area contributed by atoms with E-state index in [0.29, 0.717) is 25.2 Å².